The van der Waals surface area contributed by atoms with E-state index in [0.717, 1.165) is 40.1 Å². The Morgan fingerprint density at radius 1 is 1.20 bits per heavy atom. The van der Waals surface area contributed by atoms with Crippen molar-refractivity contribution < 1.29 is 5.11 Å². The van der Waals surface area contributed by atoms with Crippen LogP contribution in [0.1, 0.15) is 18.1 Å². The lowest BCUT2D eigenvalue weighted by atomic mass is 10.2. The molecule has 0 amide bonds. The second-order valence-corrected chi connectivity index (χ2v) is 4.91. The summed E-state index contributed by atoms with van der Waals surface area (Å²) in [5.41, 5.74) is 5.02. The molecule has 1 aromatic carbocycles. The van der Waals surface area contributed by atoms with Crippen molar-refractivity contribution in [1.82, 2.24) is 14.5 Å². The first-order valence-electron chi connectivity index (χ1n) is 6.75. The Morgan fingerprint density at radius 3 is 2.75 bits per heavy atom. The molecule has 0 saturated carbocycles. The van der Waals surface area contributed by atoms with Crippen molar-refractivity contribution in [3.8, 4) is 11.4 Å². The third-order valence-corrected chi connectivity index (χ3v) is 3.44. The Labute approximate surface area is 117 Å². The molecule has 0 aliphatic carbocycles. The van der Waals surface area contributed by atoms with Crippen LogP contribution in [0.4, 0.5) is 0 Å². The molecular formula is C16H17N3O. The molecule has 1 N–H and O–H groups in total. The van der Waals surface area contributed by atoms with Gasteiger partial charge in [0.25, 0.3) is 0 Å². The van der Waals surface area contributed by atoms with Gasteiger partial charge in [-0.05, 0) is 43.2 Å². The van der Waals surface area contributed by atoms with Gasteiger partial charge < -0.3 is 9.67 Å². The molecule has 0 bridgehead atoms. The Morgan fingerprint density at radius 2 is 2.05 bits per heavy atom. The zero-order valence-electron chi connectivity index (χ0n) is 11.7. The van der Waals surface area contributed by atoms with Gasteiger partial charge in [0.15, 0.2) is 0 Å². The summed E-state index contributed by atoms with van der Waals surface area (Å²) >= 11 is 0. The van der Waals surface area contributed by atoms with E-state index in [9.17, 15) is 5.11 Å². The Bertz CT molecular complexity index is 762. The lowest BCUT2D eigenvalue weighted by Gasteiger charge is -2.06. The standard InChI is InChI=1S/C16H17N3O/c1-3-19-15-5-4-12(10-20)7-14(15)18-16(19)13-6-11(2)8-17-9-13/h4-9,20H,3,10H2,1-2H3. The summed E-state index contributed by atoms with van der Waals surface area (Å²) in [7, 11) is 0. The van der Waals surface area contributed by atoms with Gasteiger partial charge in [-0.3, -0.25) is 4.98 Å². The van der Waals surface area contributed by atoms with Crippen LogP contribution in [0.25, 0.3) is 22.4 Å². The van der Waals surface area contributed by atoms with Gasteiger partial charge in [0.05, 0.1) is 17.6 Å². The van der Waals surface area contributed by atoms with Crippen LogP contribution >= 0.6 is 0 Å². The van der Waals surface area contributed by atoms with Gasteiger partial charge in [-0.1, -0.05) is 6.07 Å². The highest BCUT2D eigenvalue weighted by molar-refractivity contribution is 5.81. The number of aromatic nitrogens is 3. The fourth-order valence-electron chi connectivity index (χ4n) is 2.49. The smallest absolute Gasteiger partial charge is 0.142 e. The van der Waals surface area contributed by atoms with Crippen LogP contribution in [0.2, 0.25) is 0 Å². The van der Waals surface area contributed by atoms with Crippen LogP contribution in [0.15, 0.2) is 36.7 Å². The molecule has 0 aliphatic rings. The predicted molar refractivity (Wildman–Crippen MR) is 79.3 cm³/mol. The molecule has 0 saturated heterocycles. The number of pyridine rings is 1. The molecule has 0 unspecified atom stereocenters. The molecule has 0 atom stereocenters. The third-order valence-electron chi connectivity index (χ3n) is 3.44. The second kappa shape index (κ2) is 5.06. The number of nitrogens with zero attached hydrogens (tertiary/aromatic N) is 3. The van der Waals surface area contributed by atoms with E-state index in [-0.39, 0.29) is 6.61 Å². The number of aliphatic hydroxyl groups excluding tert-OH is 1. The Hall–Kier alpha value is -2.20. The predicted octanol–water partition coefficient (Wildman–Crippen LogP) is 2.92. The summed E-state index contributed by atoms with van der Waals surface area (Å²) in [6.07, 6.45) is 3.68. The van der Waals surface area contributed by atoms with Crippen LogP contribution in [-0.4, -0.2) is 19.6 Å². The van der Waals surface area contributed by atoms with Gasteiger partial charge in [-0.25, -0.2) is 4.98 Å². The van der Waals surface area contributed by atoms with E-state index in [2.05, 4.69) is 22.5 Å². The maximum absolute atomic E-state index is 9.24. The highest BCUT2D eigenvalue weighted by Crippen LogP contribution is 2.25. The largest absolute Gasteiger partial charge is 0.392 e. The van der Waals surface area contributed by atoms with E-state index in [1.807, 2.05) is 37.5 Å². The number of imidazole rings is 1. The highest BCUT2D eigenvalue weighted by atomic mass is 16.3. The van der Waals surface area contributed by atoms with Crippen molar-refractivity contribution in [1.29, 1.82) is 0 Å². The van der Waals surface area contributed by atoms with E-state index < -0.39 is 0 Å². The number of hydrogen-bond acceptors (Lipinski definition) is 3. The minimum absolute atomic E-state index is 0.0380. The van der Waals surface area contributed by atoms with Crippen molar-refractivity contribution in [2.75, 3.05) is 0 Å². The minimum Gasteiger partial charge on any atom is -0.392 e. The van der Waals surface area contributed by atoms with Gasteiger partial charge >= 0.3 is 0 Å². The number of hydrogen-bond donors (Lipinski definition) is 1. The fourth-order valence-corrected chi connectivity index (χ4v) is 2.49. The van der Waals surface area contributed by atoms with Crippen molar-refractivity contribution in [2.24, 2.45) is 0 Å². The van der Waals surface area contributed by atoms with Crippen LogP contribution in [-0.2, 0) is 13.2 Å². The maximum Gasteiger partial charge on any atom is 0.142 e. The van der Waals surface area contributed by atoms with Crippen LogP contribution in [0.3, 0.4) is 0 Å². The summed E-state index contributed by atoms with van der Waals surface area (Å²) in [4.78, 5) is 8.96. The molecule has 2 heterocycles. The zero-order valence-corrected chi connectivity index (χ0v) is 11.7. The number of aliphatic hydroxyl groups is 1. The van der Waals surface area contributed by atoms with Gasteiger partial charge in [0, 0.05) is 24.5 Å². The molecular weight excluding hydrogens is 250 g/mol. The SMILES string of the molecule is CCn1c(-c2cncc(C)c2)nc2cc(CO)ccc21. The molecule has 4 nitrogen and oxygen atoms in total. The molecule has 0 fully saturated rings. The van der Waals surface area contributed by atoms with Crippen molar-refractivity contribution in [3.05, 3.63) is 47.8 Å². The summed E-state index contributed by atoms with van der Waals surface area (Å²) < 4.78 is 2.17. The summed E-state index contributed by atoms with van der Waals surface area (Å²) in [6, 6.07) is 7.99. The number of rotatable bonds is 3. The van der Waals surface area contributed by atoms with E-state index >= 15 is 0 Å². The van der Waals surface area contributed by atoms with E-state index in [1.54, 1.807) is 0 Å². The summed E-state index contributed by atoms with van der Waals surface area (Å²) in [5, 5.41) is 9.24. The molecule has 0 radical (unpaired) electrons. The van der Waals surface area contributed by atoms with E-state index in [0.29, 0.717) is 0 Å². The maximum atomic E-state index is 9.24. The summed E-state index contributed by atoms with van der Waals surface area (Å²) in [5.74, 6) is 0.925. The molecule has 0 spiro atoms. The third kappa shape index (κ3) is 2.08. The van der Waals surface area contributed by atoms with Gasteiger partial charge in [-0.15, -0.1) is 0 Å². The van der Waals surface area contributed by atoms with Crippen LogP contribution < -0.4 is 0 Å². The number of benzene rings is 1. The lowest BCUT2D eigenvalue weighted by molar-refractivity contribution is 0.282. The fraction of sp³-hybridized carbons (Fsp3) is 0.250. The highest BCUT2D eigenvalue weighted by Gasteiger charge is 2.12. The van der Waals surface area contributed by atoms with Crippen LogP contribution in [0.5, 0.6) is 0 Å². The first-order valence-corrected chi connectivity index (χ1v) is 6.75. The first-order chi connectivity index (χ1) is 9.72. The Balaban J connectivity index is 2.24. The average molecular weight is 267 g/mol. The molecule has 2 aromatic heterocycles. The molecule has 0 aliphatic heterocycles. The number of fused-ring (bicyclic) bond motifs is 1. The monoisotopic (exact) mass is 267 g/mol. The first kappa shape index (κ1) is 12.8. The minimum atomic E-state index is 0.0380. The molecule has 102 valence electrons. The van der Waals surface area contributed by atoms with Gasteiger partial charge in [0.1, 0.15) is 5.82 Å². The molecule has 20 heavy (non-hydrogen) atoms. The lowest BCUT2D eigenvalue weighted by Crippen LogP contribution is -1.98. The molecule has 3 aromatic rings. The summed E-state index contributed by atoms with van der Waals surface area (Å²) in [6.45, 7) is 5.02. The topological polar surface area (TPSA) is 50.9 Å². The van der Waals surface area contributed by atoms with E-state index in [4.69, 9.17) is 4.98 Å². The average Bonchev–Trinajstić information content (AvgIpc) is 2.84. The van der Waals surface area contributed by atoms with Gasteiger partial charge in [-0.2, -0.15) is 0 Å². The Kier molecular flexibility index (Phi) is 3.24. The van der Waals surface area contributed by atoms with Gasteiger partial charge in [0.2, 0.25) is 0 Å². The molecule has 4 heteroatoms. The van der Waals surface area contributed by atoms with E-state index in [1.165, 1.54) is 0 Å². The van der Waals surface area contributed by atoms with Crippen molar-refractivity contribution in [3.63, 3.8) is 0 Å². The normalized spacial score (nSPS) is 11.2. The number of aryl methyl sites for hydroxylation is 2. The van der Waals surface area contributed by atoms with Crippen molar-refractivity contribution in [2.45, 2.75) is 27.0 Å². The second-order valence-electron chi connectivity index (χ2n) is 4.91. The zero-order chi connectivity index (χ0) is 14.1. The molecule has 3 rings (SSSR count). The van der Waals surface area contributed by atoms with Crippen LogP contribution in [0, 0.1) is 6.92 Å². The quantitative estimate of drug-likeness (QED) is 0.793. The van der Waals surface area contributed by atoms with Crippen molar-refractivity contribution >= 4 is 11.0 Å².